The van der Waals surface area contributed by atoms with Gasteiger partial charge >= 0.3 is 0 Å². The van der Waals surface area contributed by atoms with E-state index in [9.17, 15) is 10.1 Å². The smallest absolute Gasteiger partial charge is 0.220 e. The van der Waals surface area contributed by atoms with E-state index in [-0.39, 0.29) is 23.2 Å². The number of Topliss-reactive ketones (excluding diaryl/α,β-unsaturated/α-hetero) is 1. The fraction of sp³-hybridized carbons (Fsp3) is 0.391. The number of carbonyl (C=O) groups excluding carboxylic acids is 1. The standard InChI is InChI=1S/C23H23N3O2/c1-4-28-22-17-10-11-18-14(2)19(27)16(13-24)12-23(18,3)20(17)25-21(26-22)15-8-6-5-7-9-15/h5-9,12,14,18H,4,10-11H2,1-3H3. The van der Waals surface area contributed by atoms with E-state index in [0.29, 0.717) is 18.3 Å². The Labute approximate surface area is 165 Å². The van der Waals surface area contributed by atoms with Crippen LogP contribution in [0.4, 0.5) is 0 Å². The van der Waals surface area contributed by atoms with Crippen LogP contribution in [0.25, 0.3) is 11.4 Å². The van der Waals surface area contributed by atoms with Crippen molar-refractivity contribution in [3.63, 3.8) is 0 Å². The van der Waals surface area contributed by atoms with E-state index in [1.165, 1.54) is 0 Å². The van der Waals surface area contributed by atoms with E-state index >= 15 is 0 Å². The Morgan fingerprint density at radius 3 is 2.71 bits per heavy atom. The molecule has 2 aromatic rings. The highest BCUT2D eigenvalue weighted by atomic mass is 16.5. The topological polar surface area (TPSA) is 75.9 Å². The Morgan fingerprint density at radius 2 is 2.04 bits per heavy atom. The van der Waals surface area contributed by atoms with Gasteiger partial charge in [-0.15, -0.1) is 0 Å². The van der Waals surface area contributed by atoms with Crippen molar-refractivity contribution in [3.8, 4) is 23.3 Å². The summed E-state index contributed by atoms with van der Waals surface area (Å²) in [6, 6.07) is 11.9. The number of nitriles is 1. The average Bonchev–Trinajstić information content (AvgIpc) is 2.71. The fourth-order valence-electron chi connectivity index (χ4n) is 4.71. The fourth-order valence-corrected chi connectivity index (χ4v) is 4.71. The van der Waals surface area contributed by atoms with Gasteiger partial charge in [-0.05, 0) is 25.7 Å². The Kier molecular flexibility index (Phi) is 4.50. The van der Waals surface area contributed by atoms with Crippen molar-refractivity contribution in [2.75, 3.05) is 6.61 Å². The molecule has 4 rings (SSSR count). The van der Waals surface area contributed by atoms with Gasteiger partial charge in [0.2, 0.25) is 5.88 Å². The van der Waals surface area contributed by atoms with Gasteiger partial charge < -0.3 is 4.74 Å². The molecule has 0 saturated heterocycles. The molecule has 0 saturated carbocycles. The molecule has 5 heteroatoms. The lowest BCUT2D eigenvalue weighted by Crippen LogP contribution is -2.46. The van der Waals surface area contributed by atoms with Gasteiger partial charge in [-0.25, -0.2) is 4.98 Å². The van der Waals surface area contributed by atoms with Crippen LogP contribution in [-0.4, -0.2) is 22.4 Å². The zero-order valence-electron chi connectivity index (χ0n) is 16.4. The average molecular weight is 373 g/mol. The number of rotatable bonds is 3. The number of ether oxygens (including phenoxy) is 1. The third-order valence-electron chi connectivity index (χ3n) is 6.12. The molecule has 2 aliphatic carbocycles. The molecular weight excluding hydrogens is 350 g/mol. The molecule has 0 fully saturated rings. The molecule has 1 aromatic carbocycles. The van der Waals surface area contributed by atoms with Crippen molar-refractivity contribution >= 4 is 5.78 Å². The lowest BCUT2D eigenvalue weighted by molar-refractivity contribution is -0.121. The minimum Gasteiger partial charge on any atom is -0.478 e. The van der Waals surface area contributed by atoms with Gasteiger partial charge in [-0.3, -0.25) is 4.79 Å². The summed E-state index contributed by atoms with van der Waals surface area (Å²) >= 11 is 0. The van der Waals surface area contributed by atoms with Crippen LogP contribution < -0.4 is 4.74 Å². The molecule has 0 aliphatic heterocycles. The van der Waals surface area contributed by atoms with Gasteiger partial charge in [0.15, 0.2) is 11.6 Å². The van der Waals surface area contributed by atoms with Crippen LogP contribution in [0.15, 0.2) is 42.0 Å². The molecular formula is C23H23N3O2. The summed E-state index contributed by atoms with van der Waals surface area (Å²) in [4.78, 5) is 22.2. The molecule has 5 nitrogen and oxygen atoms in total. The second kappa shape index (κ2) is 6.87. The first-order valence-electron chi connectivity index (χ1n) is 9.76. The quantitative estimate of drug-likeness (QED) is 0.812. The van der Waals surface area contributed by atoms with Gasteiger partial charge in [-0.2, -0.15) is 10.2 Å². The van der Waals surface area contributed by atoms with Gasteiger partial charge in [-0.1, -0.05) is 50.3 Å². The SMILES string of the molecule is CCOc1nc(-c2ccccc2)nc2c1CCC1C(C)C(=O)C(C#N)=CC21C. The van der Waals surface area contributed by atoms with Crippen molar-refractivity contribution in [2.45, 2.75) is 39.0 Å². The lowest BCUT2D eigenvalue weighted by atomic mass is 9.58. The van der Waals surface area contributed by atoms with Crippen LogP contribution in [0.5, 0.6) is 5.88 Å². The molecule has 0 amide bonds. The van der Waals surface area contributed by atoms with Gasteiger partial charge in [0.25, 0.3) is 0 Å². The van der Waals surface area contributed by atoms with E-state index in [1.54, 1.807) is 0 Å². The van der Waals surface area contributed by atoms with E-state index in [4.69, 9.17) is 14.7 Å². The van der Waals surface area contributed by atoms with Crippen molar-refractivity contribution in [2.24, 2.45) is 11.8 Å². The first-order valence-corrected chi connectivity index (χ1v) is 9.76. The molecule has 3 atom stereocenters. The summed E-state index contributed by atoms with van der Waals surface area (Å²) in [6.45, 7) is 6.49. The van der Waals surface area contributed by atoms with Crippen LogP contribution >= 0.6 is 0 Å². The maximum absolute atomic E-state index is 12.6. The predicted octanol–water partition coefficient (Wildman–Crippen LogP) is 4.03. The van der Waals surface area contributed by atoms with Gasteiger partial charge in [0, 0.05) is 22.5 Å². The summed E-state index contributed by atoms with van der Waals surface area (Å²) in [6.07, 6.45) is 3.45. The number of aromatic nitrogens is 2. The van der Waals surface area contributed by atoms with Crippen LogP contribution in [0.1, 0.15) is 38.4 Å². The van der Waals surface area contributed by atoms with E-state index < -0.39 is 5.41 Å². The van der Waals surface area contributed by atoms with Crippen molar-refractivity contribution in [3.05, 3.63) is 53.2 Å². The van der Waals surface area contributed by atoms with Crippen LogP contribution in [0, 0.1) is 23.2 Å². The Hall–Kier alpha value is -3.00. The second-order valence-electron chi connectivity index (χ2n) is 7.73. The van der Waals surface area contributed by atoms with Crippen LogP contribution in [0.3, 0.4) is 0 Å². The molecule has 2 aliphatic rings. The maximum atomic E-state index is 12.6. The molecule has 0 spiro atoms. The summed E-state index contributed by atoms with van der Waals surface area (Å²) in [5.74, 6) is 1.07. The number of hydrogen-bond acceptors (Lipinski definition) is 5. The monoisotopic (exact) mass is 373 g/mol. The lowest BCUT2D eigenvalue weighted by Gasteiger charge is -2.45. The number of ketones is 1. The van der Waals surface area contributed by atoms with Gasteiger partial charge in [0.1, 0.15) is 6.07 Å². The number of carbonyl (C=O) groups is 1. The van der Waals surface area contributed by atoms with E-state index in [1.807, 2.05) is 50.3 Å². The molecule has 28 heavy (non-hydrogen) atoms. The maximum Gasteiger partial charge on any atom is 0.220 e. The molecule has 0 radical (unpaired) electrons. The molecule has 3 unspecified atom stereocenters. The minimum atomic E-state index is -0.496. The third kappa shape index (κ3) is 2.72. The third-order valence-corrected chi connectivity index (χ3v) is 6.12. The number of hydrogen-bond donors (Lipinski definition) is 0. The highest BCUT2D eigenvalue weighted by molar-refractivity contribution is 6.02. The normalized spacial score (nSPS) is 25.9. The molecule has 1 aromatic heterocycles. The van der Waals surface area contributed by atoms with Crippen molar-refractivity contribution in [1.82, 2.24) is 9.97 Å². The Morgan fingerprint density at radius 1 is 1.29 bits per heavy atom. The minimum absolute atomic E-state index is 0.0594. The number of benzene rings is 1. The molecule has 142 valence electrons. The summed E-state index contributed by atoms with van der Waals surface area (Å²) < 4.78 is 5.89. The highest BCUT2D eigenvalue weighted by Crippen LogP contribution is 2.50. The molecule has 0 bridgehead atoms. The zero-order valence-corrected chi connectivity index (χ0v) is 16.4. The van der Waals surface area contributed by atoms with Crippen LogP contribution in [-0.2, 0) is 16.6 Å². The largest absolute Gasteiger partial charge is 0.478 e. The van der Waals surface area contributed by atoms with Crippen molar-refractivity contribution < 1.29 is 9.53 Å². The van der Waals surface area contributed by atoms with Gasteiger partial charge in [0.05, 0.1) is 17.9 Å². The number of nitrogens with zero attached hydrogens (tertiary/aromatic N) is 3. The molecule has 0 N–H and O–H groups in total. The summed E-state index contributed by atoms with van der Waals surface area (Å²) in [7, 11) is 0. The van der Waals surface area contributed by atoms with Crippen molar-refractivity contribution in [1.29, 1.82) is 5.26 Å². The molecule has 1 heterocycles. The number of allylic oxidation sites excluding steroid dienone is 2. The first-order chi connectivity index (χ1) is 13.5. The zero-order chi connectivity index (χ0) is 19.9. The highest BCUT2D eigenvalue weighted by Gasteiger charge is 2.49. The predicted molar refractivity (Wildman–Crippen MR) is 106 cm³/mol. The van der Waals surface area contributed by atoms with E-state index in [0.717, 1.165) is 29.7 Å². The Balaban J connectivity index is 1.97. The first kappa shape index (κ1) is 18.4. The second-order valence-corrected chi connectivity index (χ2v) is 7.73. The van der Waals surface area contributed by atoms with Crippen LogP contribution in [0.2, 0.25) is 0 Å². The number of fused-ring (bicyclic) bond motifs is 3. The Bertz CT molecular complexity index is 1010. The van der Waals surface area contributed by atoms with E-state index in [2.05, 4.69) is 13.0 Å². The summed E-state index contributed by atoms with van der Waals surface area (Å²) in [5.41, 5.74) is 2.53. The summed E-state index contributed by atoms with van der Waals surface area (Å²) in [5, 5.41) is 9.51.